The van der Waals surface area contributed by atoms with E-state index in [2.05, 4.69) is 287 Å². The molecule has 0 radical (unpaired) electrons. The smallest absolute Gasteiger partial charge is 0.160 e. The molecule has 0 N–H and O–H groups in total. The van der Waals surface area contributed by atoms with Gasteiger partial charge in [0.2, 0.25) is 0 Å². The third kappa shape index (κ3) is 6.90. The monoisotopic (exact) mass is 1170 g/mol. The van der Waals surface area contributed by atoms with Crippen LogP contribution in [0, 0.1) is 0 Å². The Labute approximate surface area is 514 Å². The molecule has 0 amide bonds. The SMILES string of the molecule is c1ccc2c(c1)sc1c2ccc2c3ccccc3n(-c3ccc(-c4ccc5nc(-c6ccc(-n7c8ccccc8c8ccc9c%10ccccc%10sc9c87)cc6)nc(-c6ccc(-n7c8ccccc8c8ccc9c%10ccccc%10sc9c87)cc6)c5c4)cc3)c21. The van der Waals surface area contributed by atoms with E-state index in [0.717, 1.165) is 55.9 Å². The molecule has 5 nitrogen and oxygen atoms in total. The van der Waals surface area contributed by atoms with E-state index in [4.69, 9.17) is 9.97 Å². The largest absolute Gasteiger partial charge is 0.308 e. The fourth-order valence-corrected chi connectivity index (χ4v) is 18.2. The Bertz CT molecular complexity index is 6350. The van der Waals surface area contributed by atoms with Crippen LogP contribution < -0.4 is 0 Å². The first-order valence-corrected chi connectivity index (χ1v) is 32.2. The summed E-state index contributed by atoms with van der Waals surface area (Å²) in [5.41, 5.74) is 16.6. The Morgan fingerprint density at radius 1 is 0.239 bits per heavy atom. The van der Waals surface area contributed by atoms with Crippen molar-refractivity contribution in [3.8, 4) is 50.8 Å². The molecule has 0 aliphatic carbocycles. The van der Waals surface area contributed by atoms with Gasteiger partial charge in [0, 0.05) is 112 Å². The third-order valence-electron chi connectivity index (χ3n) is 18.5. The van der Waals surface area contributed by atoms with Crippen LogP contribution >= 0.6 is 34.0 Å². The van der Waals surface area contributed by atoms with E-state index in [9.17, 15) is 0 Å². The Morgan fingerprint density at radius 2 is 0.580 bits per heavy atom. The Hall–Kier alpha value is -10.7. The maximum Gasteiger partial charge on any atom is 0.160 e. The fraction of sp³-hybridized carbons (Fsp3) is 0. The van der Waals surface area contributed by atoms with E-state index < -0.39 is 0 Å². The van der Waals surface area contributed by atoms with Crippen molar-refractivity contribution >= 4 is 171 Å². The lowest BCUT2D eigenvalue weighted by atomic mass is 9.99. The summed E-state index contributed by atoms with van der Waals surface area (Å²) in [7, 11) is 0. The zero-order chi connectivity index (χ0) is 57.3. The number of para-hydroxylation sites is 3. The summed E-state index contributed by atoms with van der Waals surface area (Å²) in [5, 5.41) is 16.3. The van der Waals surface area contributed by atoms with Gasteiger partial charge in [-0.2, -0.15) is 0 Å². The molecule has 0 fully saturated rings. The van der Waals surface area contributed by atoms with Crippen LogP contribution in [-0.2, 0) is 0 Å². The van der Waals surface area contributed by atoms with E-state index in [1.54, 1.807) is 0 Å². The summed E-state index contributed by atoms with van der Waals surface area (Å²) in [6.45, 7) is 0. The average Bonchev–Trinajstić information content (AvgIpc) is 2.04. The number of thiophene rings is 3. The van der Waals surface area contributed by atoms with Crippen LogP contribution in [-0.4, -0.2) is 23.7 Å². The molecule has 0 aliphatic heterocycles. The second kappa shape index (κ2) is 18.4. The molecule has 0 atom stereocenters. The molecule has 7 heterocycles. The zero-order valence-electron chi connectivity index (χ0n) is 46.9. The highest BCUT2D eigenvalue weighted by Gasteiger charge is 2.23. The first-order valence-electron chi connectivity index (χ1n) is 29.8. The molecule has 0 saturated heterocycles. The van der Waals surface area contributed by atoms with E-state index in [-0.39, 0.29) is 0 Å². The van der Waals surface area contributed by atoms with Gasteiger partial charge in [-0.1, -0.05) is 176 Å². The molecule has 408 valence electrons. The van der Waals surface area contributed by atoms with Gasteiger partial charge in [0.25, 0.3) is 0 Å². The van der Waals surface area contributed by atoms with Crippen molar-refractivity contribution in [2.24, 2.45) is 0 Å². The number of nitrogens with zero attached hydrogens (tertiary/aromatic N) is 5. The summed E-state index contributed by atoms with van der Waals surface area (Å²) in [4.78, 5) is 11.0. The summed E-state index contributed by atoms with van der Waals surface area (Å²) in [6.07, 6.45) is 0. The van der Waals surface area contributed by atoms with Crippen molar-refractivity contribution in [2.75, 3.05) is 0 Å². The first-order chi connectivity index (χ1) is 43.6. The maximum atomic E-state index is 5.61. The molecule has 20 aromatic rings. The minimum atomic E-state index is 0.679. The van der Waals surface area contributed by atoms with Crippen molar-refractivity contribution in [3.05, 3.63) is 273 Å². The standard InChI is InChI=1S/C80H45N5S3/c1-7-19-67-53(13-1)59-38-41-62-56-16-4-10-22-70(56)86-77(62)74(59)83(67)50-32-25-46(26-33-50)49-31-44-66-65(45-49)73(47-27-34-51(35-28-47)84-68-20-8-2-14-54(68)60-39-42-63-57-17-5-11-23-71(57)87-78(63)75(60)84)82-80(81-66)48-29-36-52(37-30-48)85-69-21-9-3-15-55(69)61-40-43-64-58-18-6-12-24-72(58)88-79(64)76(61)85/h1-45H. The summed E-state index contributed by atoms with van der Waals surface area (Å²) < 4.78 is 15.2. The summed E-state index contributed by atoms with van der Waals surface area (Å²) in [5.74, 6) is 0.679. The predicted octanol–water partition coefficient (Wildman–Crippen LogP) is 23.0. The van der Waals surface area contributed by atoms with Gasteiger partial charge in [0.05, 0.1) is 58.4 Å². The van der Waals surface area contributed by atoms with Gasteiger partial charge in [0.15, 0.2) is 5.82 Å². The van der Waals surface area contributed by atoms with Crippen molar-refractivity contribution in [1.29, 1.82) is 0 Å². The molecule has 0 spiro atoms. The van der Waals surface area contributed by atoms with Gasteiger partial charge in [0.1, 0.15) is 0 Å². The molecule has 20 rings (SSSR count). The number of benzene rings is 13. The lowest BCUT2D eigenvalue weighted by Crippen LogP contribution is -1.98. The minimum Gasteiger partial charge on any atom is -0.308 e. The number of hydrogen-bond donors (Lipinski definition) is 0. The van der Waals surface area contributed by atoms with E-state index in [1.807, 2.05) is 34.0 Å². The van der Waals surface area contributed by atoms with Crippen LogP contribution in [0.5, 0.6) is 0 Å². The highest BCUT2D eigenvalue weighted by Crippen LogP contribution is 2.47. The van der Waals surface area contributed by atoms with Gasteiger partial charge >= 0.3 is 0 Å². The fourth-order valence-electron chi connectivity index (χ4n) is 14.5. The lowest BCUT2D eigenvalue weighted by Gasteiger charge is -2.14. The quantitative estimate of drug-likeness (QED) is 0.166. The molecule has 0 unspecified atom stereocenters. The zero-order valence-corrected chi connectivity index (χ0v) is 49.4. The minimum absolute atomic E-state index is 0.679. The molecule has 0 aliphatic rings. The Balaban J connectivity index is 0.744. The molecular formula is C80H45N5S3. The van der Waals surface area contributed by atoms with Crippen molar-refractivity contribution in [1.82, 2.24) is 23.7 Å². The number of fused-ring (bicyclic) bond motifs is 22. The van der Waals surface area contributed by atoms with Crippen LogP contribution in [0.3, 0.4) is 0 Å². The average molecular weight is 1170 g/mol. The van der Waals surface area contributed by atoms with E-state index >= 15 is 0 Å². The van der Waals surface area contributed by atoms with Gasteiger partial charge in [-0.25, -0.2) is 9.97 Å². The van der Waals surface area contributed by atoms with Gasteiger partial charge < -0.3 is 13.7 Å². The second-order valence-electron chi connectivity index (χ2n) is 23.1. The highest BCUT2D eigenvalue weighted by molar-refractivity contribution is 7.27. The normalized spacial score (nSPS) is 12.3. The predicted molar refractivity (Wildman–Crippen MR) is 378 cm³/mol. The summed E-state index contributed by atoms with van der Waals surface area (Å²) in [6, 6.07) is 100. The molecular weight excluding hydrogens is 1130 g/mol. The van der Waals surface area contributed by atoms with Crippen LogP contribution in [0.25, 0.3) is 188 Å². The molecule has 7 aromatic heterocycles. The van der Waals surface area contributed by atoms with E-state index in [0.29, 0.717) is 5.82 Å². The van der Waals surface area contributed by atoms with Crippen LogP contribution in [0.4, 0.5) is 0 Å². The molecule has 88 heavy (non-hydrogen) atoms. The Kier molecular flexibility index (Phi) is 10.1. The molecule has 0 bridgehead atoms. The molecule has 8 heteroatoms. The second-order valence-corrected chi connectivity index (χ2v) is 26.3. The molecule has 0 saturated carbocycles. The van der Waals surface area contributed by atoms with Crippen molar-refractivity contribution < 1.29 is 0 Å². The van der Waals surface area contributed by atoms with Crippen molar-refractivity contribution in [3.63, 3.8) is 0 Å². The maximum absolute atomic E-state index is 5.61. The van der Waals surface area contributed by atoms with Crippen LogP contribution in [0.15, 0.2) is 273 Å². The van der Waals surface area contributed by atoms with Crippen LogP contribution in [0.1, 0.15) is 0 Å². The highest BCUT2D eigenvalue weighted by atomic mass is 32.1. The van der Waals surface area contributed by atoms with Gasteiger partial charge in [-0.15, -0.1) is 34.0 Å². The number of hydrogen-bond acceptors (Lipinski definition) is 5. The van der Waals surface area contributed by atoms with Crippen LogP contribution in [0.2, 0.25) is 0 Å². The number of aromatic nitrogens is 5. The third-order valence-corrected chi connectivity index (χ3v) is 22.1. The van der Waals surface area contributed by atoms with Gasteiger partial charge in [-0.05, 0) is 108 Å². The van der Waals surface area contributed by atoms with Gasteiger partial charge in [-0.3, -0.25) is 0 Å². The topological polar surface area (TPSA) is 40.6 Å². The van der Waals surface area contributed by atoms with Crippen molar-refractivity contribution in [2.45, 2.75) is 0 Å². The molecule has 13 aromatic carbocycles. The first kappa shape index (κ1) is 48.5. The van der Waals surface area contributed by atoms with E-state index in [1.165, 1.54) is 126 Å². The Morgan fingerprint density at radius 3 is 1.00 bits per heavy atom. The number of rotatable bonds is 6. The lowest BCUT2D eigenvalue weighted by molar-refractivity contribution is 1.18. The summed E-state index contributed by atoms with van der Waals surface area (Å²) >= 11 is 5.64.